The highest BCUT2D eigenvalue weighted by atomic mass is 35.7. The van der Waals surface area contributed by atoms with Crippen molar-refractivity contribution in [1.29, 1.82) is 0 Å². The molecule has 1 aliphatic carbocycles. The van der Waals surface area contributed by atoms with Crippen LogP contribution in [-0.4, -0.2) is 18.2 Å². The van der Waals surface area contributed by atoms with Gasteiger partial charge in [-0.1, -0.05) is 0 Å². The van der Waals surface area contributed by atoms with Crippen molar-refractivity contribution >= 4 is 19.7 Å². The topological polar surface area (TPSA) is 52.0 Å². The van der Waals surface area contributed by atoms with Crippen LogP contribution in [0, 0.1) is 0 Å². The first-order chi connectivity index (χ1) is 6.47. The van der Waals surface area contributed by atoms with E-state index in [-0.39, 0.29) is 5.75 Å². The Labute approximate surface area is 87.3 Å². The quantitative estimate of drug-likeness (QED) is 0.717. The third-order valence-electron chi connectivity index (χ3n) is 2.51. The molecule has 6 heteroatoms. The summed E-state index contributed by atoms with van der Waals surface area (Å²) in [7, 11) is 3.55. The fraction of sp³-hybridized carbons (Fsp3) is 0.625. The summed E-state index contributed by atoms with van der Waals surface area (Å²) < 4.78 is 23.6. The SMILES string of the molecule is Cn1nc(CS(=O)(=O)Cl)c2c1CCC2. The number of hydrogen-bond acceptors (Lipinski definition) is 3. The number of rotatable bonds is 2. The fourth-order valence-electron chi connectivity index (χ4n) is 1.98. The maximum Gasteiger partial charge on any atom is 0.238 e. The van der Waals surface area contributed by atoms with E-state index in [0.29, 0.717) is 5.69 Å². The van der Waals surface area contributed by atoms with Gasteiger partial charge in [0, 0.05) is 23.4 Å². The van der Waals surface area contributed by atoms with E-state index in [9.17, 15) is 8.42 Å². The van der Waals surface area contributed by atoms with Crippen molar-refractivity contribution in [3.8, 4) is 0 Å². The molecular formula is C8H11ClN2O2S. The molecular weight excluding hydrogens is 224 g/mol. The molecule has 1 aromatic rings. The minimum atomic E-state index is -3.49. The van der Waals surface area contributed by atoms with Gasteiger partial charge >= 0.3 is 0 Å². The summed E-state index contributed by atoms with van der Waals surface area (Å²) in [4.78, 5) is 0. The lowest BCUT2D eigenvalue weighted by Gasteiger charge is -1.95. The van der Waals surface area contributed by atoms with Crippen molar-refractivity contribution in [1.82, 2.24) is 9.78 Å². The lowest BCUT2D eigenvalue weighted by atomic mass is 10.2. The molecule has 0 N–H and O–H groups in total. The monoisotopic (exact) mass is 234 g/mol. The minimum Gasteiger partial charge on any atom is -0.272 e. The summed E-state index contributed by atoms with van der Waals surface area (Å²) in [5.74, 6) is -0.155. The Balaban J connectivity index is 2.41. The van der Waals surface area contributed by atoms with Crippen LogP contribution < -0.4 is 0 Å². The van der Waals surface area contributed by atoms with Crippen molar-refractivity contribution in [3.63, 3.8) is 0 Å². The summed E-state index contributed by atoms with van der Waals surface area (Å²) in [6.45, 7) is 0. The second kappa shape index (κ2) is 3.24. The molecule has 0 fully saturated rings. The van der Waals surface area contributed by atoms with Gasteiger partial charge in [-0.25, -0.2) is 8.42 Å². The van der Waals surface area contributed by atoms with Crippen LogP contribution in [0.4, 0.5) is 0 Å². The maximum absolute atomic E-state index is 10.9. The number of hydrogen-bond donors (Lipinski definition) is 0. The molecule has 0 aliphatic heterocycles. The highest BCUT2D eigenvalue weighted by Gasteiger charge is 2.23. The van der Waals surface area contributed by atoms with E-state index < -0.39 is 9.05 Å². The molecule has 14 heavy (non-hydrogen) atoms. The fourth-order valence-corrected chi connectivity index (χ4v) is 2.85. The molecule has 0 saturated heterocycles. The van der Waals surface area contributed by atoms with E-state index in [1.54, 1.807) is 4.68 Å². The smallest absolute Gasteiger partial charge is 0.238 e. The maximum atomic E-state index is 10.9. The summed E-state index contributed by atoms with van der Waals surface area (Å²) in [5.41, 5.74) is 2.85. The Morgan fingerprint density at radius 2 is 2.21 bits per heavy atom. The van der Waals surface area contributed by atoms with Crippen molar-refractivity contribution in [3.05, 3.63) is 17.0 Å². The largest absolute Gasteiger partial charge is 0.272 e. The highest BCUT2D eigenvalue weighted by molar-refractivity contribution is 8.13. The Morgan fingerprint density at radius 3 is 2.86 bits per heavy atom. The first-order valence-electron chi connectivity index (χ1n) is 4.43. The molecule has 1 aromatic heterocycles. The van der Waals surface area contributed by atoms with Crippen LogP contribution in [-0.2, 0) is 34.7 Å². The minimum absolute atomic E-state index is 0.155. The van der Waals surface area contributed by atoms with Gasteiger partial charge in [0.05, 0.1) is 5.69 Å². The van der Waals surface area contributed by atoms with E-state index in [1.165, 1.54) is 0 Å². The molecule has 0 bridgehead atoms. The third kappa shape index (κ3) is 1.79. The van der Waals surface area contributed by atoms with Gasteiger partial charge < -0.3 is 0 Å². The average molecular weight is 235 g/mol. The molecule has 0 atom stereocenters. The Kier molecular flexibility index (Phi) is 2.31. The van der Waals surface area contributed by atoms with Crippen molar-refractivity contribution in [2.45, 2.75) is 25.0 Å². The second-order valence-corrected chi connectivity index (χ2v) is 6.31. The molecule has 78 valence electrons. The van der Waals surface area contributed by atoms with Crippen LogP contribution in [0.15, 0.2) is 0 Å². The van der Waals surface area contributed by atoms with Crippen molar-refractivity contribution in [2.24, 2.45) is 7.05 Å². The molecule has 0 saturated carbocycles. The summed E-state index contributed by atoms with van der Waals surface area (Å²) in [5, 5.41) is 4.17. The predicted molar refractivity (Wildman–Crippen MR) is 53.7 cm³/mol. The van der Waals surface area contributed by atoms with Gasteiger partial charge in [0.2, 0.25) is 9.05 Å². The first-order valence-corrected chi connectivity index (χ1v) is 6.91. The molecule has 1 aliphatic rings. The van der Waals surface area contributed by atoms with Crippen LogP contribution in [0.3, 0.4) is 0 Å². The molecule has 0 amide bonds. The summed E-state index contributed by atoms with van der Waals surface area (Å²) in [6.07, 6.45) is 2.99. The standard InChI is InChI=1S/C8H11ClN2O2S/c1-11-8-4-2-3-6(8)7(10-11)5-14(9,12)13/h2-5H2,1H3. The zero-order valence-electron chi connectivity index (χ0n) is 7.83. The van der Waals surface area contributed by atoms with Gasteiger partial charge in [0.25, 0.3) is 0 Å². The third-order valence-corrected chi connectivity index (χ3v) is 3.45. The van der Waals surface area contributed by atoms with Crippen LogP contribution in [0.5, 0.6) is 0 Å². The first kappa shape index (κ1) is 9.98. The zero-order chi connectivity index (χ0) is 10.3. The lowest BCUT2D eigenvalue weighted by Crippen LogP contribution is -2.00. The van der Waals surface area contributed by atoms with Crippen molar-refractivity contribution in [2.75, 3.05) is 0 Å². The number of fused-ring (bicyclic) bond motifs is 1. The summed E-state index contributed by atoms with van der Waals surface area (Å²) in [6, 6.07) is 0. The van der Waals surface area contributed by atoms with Gasteiger partial charge in [-0.2, -0.15) is 5.10 Å². The van der Waals surface area contributed by atoms with E-state index in [4.69, 9.17) is 10.7 Å². The second-order valence-electron chi connectivity index (χ2n) is 3.53. The number of aromatic nitrogens is 2. The van der Waals surface area contributed by atoms with Crippen molar-refractivity contribution < 1.29 is 8.42 Å². The Bertz CT molecular complexity index is 464. The molecule has 0 spiro atoms. The molecule has 4 nitrogen and oxygen atoms in total. The Hall–Kier alpha value is -0.550. The molecule has 2 rings (SSSR count). The van der Waals surface area contributed by atoms with Gasteiger partial charge in [-0.3, -0.25) is 4.68 Å². The number of halogens is 1. The lowest BCUT2D eigenvalue weighted by molar-refractivity contribution is 0.606. The summed E-state index contributed by atoms with van der Waals surface area (Å²) >= 11 is 0. The van der Waals surface area contributed by atoms with Crippen LogP contribution in [0.25, 0.3) is 0 Å². The number of nitrogens with zero attached hydrogens (tertiary/aromatic N) is 2. The molecule has 0 unspecified atom stereocenters. The normalized spacial score (nSPS) is 15.9. The van der Waals surface area contributed by atoms with Crippen LogP contribution >= 0.6 is 10.7 Å². The van der Waals surface area contributed by atoms with E-state index in [2.05, 4.69) is 5.10 Å². The van der Waals surface area contributed by atoms with Gasteiger partial charge in [-0.15, -0.1) is 0 Å². The predicted octanol–water partition coefficient (Wildman–Crippen LogP) is 0.977. The van der Waals surface area contributed by atoms with Gasteiger partial charge in [0.1, 0.15) is 5.75 Å². The van der Waals surface area contributed by atoms with E-state index in [0.717, 1.165) is 30.5 Å². The van der Waals surface area contributed by atoms with E-state index in [1.807, 2.05) is 7.05 Å². The molecule has 0 aromatic carbocycles. The van der Waals surface area contributed by atoms with Crippen LogP contribution in [0.2, 0.25) is 0 Å². The molecule has 1 heterocycles. The Morgan fingerprint density at radius 1 is 1.50 bits per heavy atom. The van der Waals surface area contributed by atoms with Gasteiger partial charge in [0.15, 0.2) is 0 Å². The van der Waals surface area contributed by atoms with E-state index >= 15 is 0 Å². The average Bonchev–Trinajstić information content (AvgIpc) is 2.54. The van der Waals surface area contributed by atoms with Crippen LogP contribution in [0.1, 0.15) is 23.4 Å². The number of aryl methyl sites for hydroxylation is 1. The molecule has 0 radical (unpaired) electrons. The zero-order valence-corrected chi connectivity index (χ0v) is 9.40. The van der Waals surface area contributed by atoms with Gasteiger partial charge in [-0.05, 0) is 24.8 Å². The highest BCUT2D eigenvalue weighted by Crippen LogP contribution is 2.26.